The summed E-state index contributed by atoms with van der Waals surface area (Å²) in [7, 11) is 0. The van der Waals surface area contributed by atoms with E-state index in [0.29, 0.717) is 16.7 Å². The third-order valence-corrected chi connectivity index (χ3v) is 5.41. The van der Waals surface area contributed by atoms with Crippen LogP contribution >= 0.6 is 0 Å². The summed E-state index contributed by atoms with van der Waals surface area (Å²) in [5.41, 5.74) is 0.664. The second-order valence-electron chi connectivity index (χ2n) is 7.38. The van der Waals surface area contributed by atoms with Crippen molar-refractivity contribution in [3.8, 4) is 5.69 Å². The van der Waals surface area contributed by atoms with Crippen LogP contribution in [0.25, 0.3) is 16.7 Å². The Kier molecular flexibility index (Phi) is 4.70. The molecule has 3 aromatic rings. The smallest absolute Gasteiger partial charge is 0.264 e. The Morgan fingerprint density at radius 3 is 2.54 bits per heavy atom. The maximum atomic E-state index is 13.2. The molecule has 1 fully saturated rings. The fourth-order valence-corrected chi connectivity index (χ4v) is 3.97. The molecule has 2 atom stereocenters. The molecule has 146 valence electrons. The normalized spacial score (nSPS) is 19.9. The minimum absolute atomic E-state index is 0.0435. The molecule has 4 rings (SSSR count). The van der Waals surface area contributed by atoms with Gasteiger partial charge in [-0.25, -0.2) is 14.1 Å². The Bertz CT molecular complexity index is 1060. The van der Waals surface area contributed by atoms with Crippen molar-refractivity contribution in [2.45, 2.75) is 51.7 Å². The van der Waals surface area contributed by atoms with Gasteiger partial charge in [0.15, 0.2) is 5.65 Å². The minimum atomic E-state index is -0.352. The number of halogens is 1. The van der Waals surface area contributed by atoms with Crippen molar-refractivity contribution in [3.05, 3.63) is 53.0 Å². The number of amides is 1. The van der Waals surface area contributed by atoms with Crippen LogP contribution in [0.15, 0.2) is 41.6 Å². The Labute approximate surface area is 161 Å². The summed E-state index contributed by atoms with van der Waals surface area (Å²) in [6.07, 6.45) is 5.88. The van der Waals surface area contributed by atoms with E-state index in [4.69, 9.17) is 0 Å². The monoisotopic (exact) mass is 383 g/mol. The lowest BCUT2D eigenvalue weighted by molar-refractivity contribution is -0.138. The molecule has 8 heteroatoms. The van der Waals surface area contributed by atoms with Crippen LogP contribution in [0.4, 0.5) is 4.39 Å². The average Bonchev–Trinajstić information content (AvgIpc) is 3.09. The maximum Gasteiger partial charge on any atom is 0.264 e. The highest BCUT2D eigenvalue weighted by Crippen LogP contribution is 2.23. The summed E-state index contributed by atoms with van der Waals surface area (Å²) in [5.74, 6) is -0.427. The first kappa shape index (κ1) is 18.3. The second-order valence-corrected chi connectivity index (χ2v) is 7.38. The van der Waals surface area contributed by atoms with Gasteiger partial charge < -0.3 is 4.90 Å². The summed E-state index contributed by atoms with van der Waals surface area (Å²) < 4.78 is 16.0. The molecule has 7 nitrogen and oxygen atoms in total. The number of likely N-dealkylation sites (tertiary alicyclic amines) is 1. The van der Waals surface area contributed by atoms with Gasteiger partial charge in [-0.1, -0.05) is 0 Å². The highest BCUT2D eigenvalue weighted by atomic mass is 19.1. The van der Waals surface area contributed by atoms with E-state index in [2.05, 4.69) is 10.1 Å². The van der Waals surface area contributed by atoms with Crippen LogP contribution in [-0.2, 0) is 11.3 Å². The van der Waals surface area contributed by atoms with Crippen molar-refractivity contribution in [2.24, 2.45) is 0 Å². The number of benzene rings is 1. The molecule has 0 spiro atoms. The third-order valence-electron chi connectivity index (χ3n) is 5.41. The van der Waals surface area contributed by atoms with E-state index < -0.39 is 0 Å². The fraction of sp³-hybridized carbons (Fsp3) is 0.400. The standard InChI is InChI=1S/C20H22FN5O2/c1-13-4-3-5-14(2)25(13)18(27)11-24-12-22-19-17(20(24)28)10-23-26(19)16-8-6-15(21)7-9-16/h6-10,12-14H,3-5,11H2,1-2H3/t13-,14-/m0/s1. The highest BCUT2D eigenvalue weighted by Gasteiger charge is 2.29. The lowest BCUT2D eigenvalue weighted by atomic mass is 9.97. The zero-order valence-corrected chi connectivity index (χ0v) is 15.9. The van der Waals surface area contributed by atoms with Gasteiger partial charge in [0.25, 0.3) is 5.56 Å². The summed E-state index contributed by atoms with van der Waals surface area (Å²) in [5, 5.41) is 4.53. The zero-order valence-electron chi connectivity index (χ0n) is 15.9. The van der Waals surface area contributed by atoms with Gasteiger partial charge in [0.1, 0.15) is 24.1 Å². The van der Waals surface area contributed by atoms with Gasteiger partial charge >= 0.3 is 0 Å². The first-order valence-electron chi connectivity index (χ1n) is 9.46. The molecule has 1 aliphatic heterocycles. The van der Waals surface area contributed by atoms with Crippen LogP contribution in [0.2, 0.25) is 0 Å². The number of carbonyl (C=O) groups excluding carboxylic acids is 1. The average molecular weight is 383 g/mol. The van der Waals surface area contributed by atoms with Crippen molar-refractivity contribution >= 4 is 16.9 Å². The van der Waals surface area contributed by atoms with Gasteiger partial charge in [-0.2, -0.15) is 5.10 Å². The molecule has 1 amide bonds. The Hall–Kier alpha value is -3.03. The number of carbonyl (C=O) groups is 1. The zero-order chi connectivity index (χ0) is 19.8. The summed E-state index contributed by atoms with van der Waals surface area (Å²) >= 11 is 0. The van der Waals surface area contributed by atoms with Crippen molar-refractivity contribution in [1.29, 1.82) is 0 Å². The van der Waals surface area contributed by atoms with Gasteiger partial charge in [0, 0.05) is 12.1 Å². The molecule has 0 saturated carbocycles. The Balaban J connectivity index is 1.65. The van der Waals surface area contributed by atoms with E-state index in [1.807, 2.05) is 18.7 Å². The van der Waals surface area contributed by atoms with Gasteiger partial charge in [0.2, 0.25) is 5.91 Å². The molecule has 0 radical (unpaired) electrons. The summed E-state index contributed by atoms with van der Waals surface area (Å²) in [6, 6.07) is 6.12. The molecule has 0 unspecified atom stereocenters. The molecular weight excluding hydrogens is 361 g/mol. The molecule has 0 bridgehead atoms. The van der Waals surface area contributed by atoms with Gasteiger partial charge in [-0.3, -0.25) is 14.2 Å². The lowest BCUT2D eigenvalue weighted by Crippen LogP contribution is -2.49. The minimum Gasteiger partial charge on any atom is -0.336 e. The Morgan fingerprint density at radius 1 is 1.18 bits per heavy atom. The third kappa shape index (κ3) is 3.19. The molecule has 0 N–H and O–H groups in total. The number of aromatic nitrogens is 4. The molecule has 1 aliphatic rings. The maximum absolute atomic E-state index is 13.2. The molecule has 28 heavy (non-hydrogen) atoms. The molecule has 1 saturated heterocycles. The van der Waals surface area contributed by atoms with Crippen LogP contribution in [0.3, 0.4) is 0 Å². The summed E-state index contributed by atoms with van der Waals surface area (Å²) in [6.45, 7) is 4.05. The van der Waals surface area contributed by atoms with Crippen LogP contribution in [0.1, 0.15) is 33.1 Å². The largest absolute Gasteiger partial charge is 0.336 e. The van der Waals surface area contributed by atoms with Crippen molar-refractivity contribution in [2.75, 3.05) is 0 Å². The van der Waals surface area contributed by atoms with Gasteiger partial charge in [-0.15, -0.1) is 0 Å². The van der Waals surface area contributed by atoms with E-state index in [9.17, 15) is 14.0 Å². The van der Waals surface area contributed by atoms with Crippen molar-refractivity contribution < 1.29 is 9.18 Å². The number of rotatable bonds is 3. The number of fused-ring (bicyclic) bond motifs is 1. The molecule has 2 aromatic heterocycles. The van der Waals surface area contributed by atoms with E-state index in [1.54, 1.807) is 12.1 Å². The van der Waals surface area contributed by atoms with Gasteiger partial charge in [0.05, 0.1) is 11.9 Å². The Morgan fingerprint density at radius 2 is 1.86 bits per heavy atom. The molecule has 1 aromatic carbocycles. The van der Waals surface area contributed by atoms with E-state index >= 15 is 0 Å². The highest BCUT2D eigenvalue weighted by molar-refractivity contribution is 5.78. The fourth-order valence-electron chi connectivity index (χ4n) is 3.97. The predicted octanol–water partition coefficient (Wildman–Crippen LogP) is 2.51. The first-order valence-corrected chi connectivity index (χ1v) is 9.46. The van der Waals surface area contributed by atoms with Crippen LogP contribution in [-0.4, -0.2) is 42.2 Å². The second kappa shape index (κ2) is 7.18. The quantitative estimate of drug-likeness (QED) is 0.697. The first-order chi connectivity index (χ1) is 13.5. The van der Waals surface area contributed by atoms with Crippen molar-refractivity contribution in [1.82, 2.24) is 24.2 Å². The molecular formula is C20H22FN5O2. The number of piperidine rings is 1. The number of hydrogen-bond acceptors (Lipinski definition) is 4. The molecule has 0 aliphatic carbocycles. The van der Waals surface area contributed by atoms with E-state index in [0.717, 1.165) is 19.3 Å². The van der Waals surface area contributed by atoms with E-state index in [1.165, 1.54) is 33.9 Å². The predicted molar refractivity (Wildman–Crippen MR) is 103 cm³/mol. The van der Waals surface area contributed by atoms with Crippen LogP contribution in [0, 0.1) is 5.82 Å². The lowest BCUT2D eigenvalue weighted by Gasteiger charge is -2.39. The number of hydrogen-bond donors (Lipinski definition) is 0. The van der Waals surface area contributed by atoms with Crippen LogP contribution < -0.4 is 5.56 Å². The number of nitrogens with zero attached hydrogens (tertiary/aromatic N) is 5. The van der Waals surface area contributed by atoms with E-state index in [-0.39, 0.29) is 35.9 Å². The van der Waals surface area contributed by atoms with Crippen molar-refractivity contribution in [3.63, 3.8) is 0 Å². The van der Waals surface area contributed by atoms with Gasteiger partial charge in [-0.05, 0) is 57.4 Å². The summed E-state index contributed by atoms with van der Waals surface area (Å²) in [4.78, 5) is 31.9. The topological polar surface area (TPSA) is 73.0 Å². The van der Waals surface area contributed by atoms with Crippen LogP contribution in [0.5, 0.6) is 0 Å². The SMILES string of the molecule is C[C@H]1CCC[C@H](C)N1C(=O)Cn1cnc2c(cnn2-c2ccc(F)cc2)c1=O. The molecule has 3 heterocycles.